The summed E-state index contributed by atoms with van der Waals surface area (Å²) in [5.41, 5.74) is 0. The van der Waals surface area contributed by atoms with Gasteiger partial charge in [-0.05, 0) is 25.2 Å². The summed E-state index contributed by atoms with van der Waals surface area (Å²) in [6.45, 7) is 3.39. The Labute approximate surface area is 113 Å². The molecule has 2 N–H and O–H groups in total. The normalized spacial score (nSPS) is 28.1. The summed E-state index contributed by atoms with van der Waals surface area (Å²) in [5, 5.41) is 11.9. The van der Waals surface area contributed by atoms with Crippen molar-refractivity contribution < 1.29 is 19.4 Å². The zero-order chi connectivity index (χ0) is 13.7. The number of likely N-dealkylation sites (tertiary alicyclic amines) is 1. The first-order valence-corrected chi connectivity index (χ1v) is 6.99. The van der Waals surface area contributed by atoms with Crippen LogP contribution >= 0.6 is 0 Å². The minimum absolute atomic E-state index is 0.0484. The van der Waals surface area contributed by atoms with Gasteiger partial charge in [0.15, 0.2) is 0 Å². The van der Waals surface area contributed by atoms with Gasteiger partial charge in [-0.3, -0.25) is 9.59 Å². The largest absolute Gasteiger partial charge is 0.481 e. The van der Waals surface area contributed by atoms with Crippen molar-refractivity contribution >= 4 is 11.9 Å². The first-order valence-electron chi connectivity index (χ1n) is 6.99. The molecule has 2 unspecified atom stereocenters. The summed E-state index contributed by atoms with van der Waals surface area (Å²) < 4.78 is 5.48. The van der Waals surface area contributed by atoms with Crippen LogP contribution in [0, 0.1) is 5.92 Å². The van der Waals surface area contributed by atoms with Crippen LogP contribution in [0.5, 0.6) is 0 Å². The van der Waals surface area contributed by atoms with Crippen molar-refractivity contribution in [3.63, 3.8) is 0 Å². The Bertz CT molecular complexity index is 329. The number of piperidine rings is 1. The van der Waals surface area contributed by atoms with Crippen LogP contribution in [0.3, 0.4) is 0 Å². The Hall–Kier alpha value is -1.14. The van der Waals surface area contributed by atoms with Gasteiger partial charge < -0.3 is 20.1 Å². The molecule has 2 aliphatic rings. The predicted molar refractivity (Wildman–Crippen MR) is 68.8 cm³/mol. The number of nitrogens with one attached hydrogen (secondary N) is 1. The van der Waals surface area contributed by atoms with E-state index in [-0.39, 0.29) is 18.4 Å². The third kappa shape index (κ3) is 4.18. The number of carbonyl (C=O) groups is 2. The van der Waals surface area contributed by atoms with E-state index >= 15 is 0 Å². The smallest absolute Gasteiger partial charge is 0.303 e. The summed E-state index contributed by atoms with van der Waals surface area (Å²) in [7, 11) is 0. The second-order valence-electron chi connectivity index (χ2n) is 5.29. The summed E-state index contributed by atoms with van der Waals surface area (Å²) in [6, 6.07) is 0. The molecule has 2 atom stereocenters. The van der Waals surface area contributed by atoms with Gasteiger partial charge in [0.05, 0.1) is 6.61 Å². The maximum absolute atomic E-state index is 12.3. The van der Waals surface area contributed by atoms with Crippen molar-refractivity contribution in [2.45, 2.75) is 31.8 Å². The van der Waals surface area contributed by atoms with E-state index in [4.69, 9.17) is 9.84 Å². The molecule has 2 heterocycles. The fourth-order valence-corrected chi connectivity index (χ4v) is 2.76. The zero-order valence-electron chi connectivity index (χ0n) is 11.1. The van der Waals surface area contributed by atoms with E-state index in [9.17, 15) is 9.59 Å². The van der Waals surface area contributed by atoms with Crippen molar-refractivity contribution in [2.24, 2.45) is 5.92 Å². The molecule has 0 aromatic heterocycles. The molecular weight excluding hydrogens is 248 g/mol. The van der Waals surface area contributed by atoms with Gasteiger partial charge >= 0.3 is 5.97 Å². The second-order valence-corrected chi connectivity index (χ2v) is 5.29. The van der Waals surface area contributed by atoms with Crippen LogP contribution < -0.4 is 5.32 Å². The number of morpholine rings is 1. The molecule has 108 valence electrons. The molecule has 0 spiro atoms. The van der Waals surface area contributed by atoms with Crippen LogP contribution in [0.4, 0.5) is 0 Å². The fourth-order valence-electron chi connectivity index (χ4n) is 2.76. The molecule has 2 fully saturated rings. The molecule has 2 aliphatic heterocycles. The average Bonchev–Trinajstić information content (AvgIpc) is 2.45. The molecule has 0 aliphatic carbocycles. The number of carboxylic acids is 1. The Morgan fingerprint density at radius 1 is 1.42 bits per heavy atom. The molecule has 0 bridgehead atoms. The predicted octanol–water partition coefficient (Wildman–Crippen LogP) is 0.0782. The molecule has 19 heavy (non-hydrogen) atoms. The third-order valence-corrected chi connectivity index (χ3v) is 3.80. The Morgan fingerprint density at radius 2 is 2.26 bits per heavy atom. The number of rotatable bonds is 4. The summed E-state index contributed by atoms with van der Waals surface area (Å²) >= 11 is 0. The van der Waals surface area contributed by atoms with E-state index < -0.39 is 5.97 Å². The molecule has 6 heteroatoms. The highest BCUT2D eigenvalue weighted by molar-refractivity contribution is 5.81. The fraction of sp³-hybridized carbons (Fsp3) is 0.846. The lowest BCUT2D eigenvalue weighted by molar-refractivity contribution is -0.147. The number of nitrogens with zero attached hydrogens (tertiary/aromatic N) is 1. The Kier molecular flexibility index (Phi) is 5.15. The van der Waals surface area contributed by atoms with Gasteiger partial charge in [-0.15, -0.1) is 0 Å². The topological polar surface area (TPSA) is 78.9 Å². The minimum Gasteiger partial charge on any atom is -0.481 e. The van der Waals surface area contributed by atoms with Gasteiger partial charge in [0, 0.05) is 32.6 Å². The standard InChI is InChI=1S/C13H22N2O4/c16-12(17)4-3-10-2-1-6-15(9-10)13(18)11-8-14-5-7-19-11/h10-11,14H,1-9H2,(H,16,17). The second kappa shape index (κ2) is 6.86. The van der Waals surface area contributed by atoms with Crippen LogP contribution in [0.2, 0.25) is 0 Å². The van der Waals surface area contributed by atoms with Crippen LogP contribution in [0.25, 0.3) is 0 Å². The van der Waals surface area contributed by atoms with Crippen LogP contribution in [-0.4, -0.2) is 60.8 Å². The molecular formula is C13H22N2O4. The maximum Gasteiger partial charge on any atom is 0.303 e. The Balaban J connectivity index is 1.82. The quantitative estimate of drug-likeness (QED) is 0.756. The van der Waals surface area contributed by atoms with Crippen molar-refractivity contribution in [1.82, 2.24) is 10.2 Å². The van der Waals surface area contributed by atoms with Gasteiger partial charge in [-0.1, -0.05) is 0 Å². The van der Waals surface area contributed by atoms with E-state index in [0.717, 1.165) is 25.9 Å². The molecule has 2 saturated heterocycles. The van der Waals surface area contributed by atoms with Gasteiger partial charge in [-0.25, -0.2) is 0 Å². The van der Waals surface area contributed by atoms with Crippen molar-refractivity contribution in [3.05, 3.63) is 0 Å². The monoisotopic (exact) mass is 270 g/mol. The molecule has 0 radical (unpaired) electrons. The van der Waals surface area contributed by atoms with Crippen molar-refractivity contribution in [3.8, 4) is 0 Å². The van der Waals surface area contributed by atoms with E-state index in [2.05, 4.69) is 5.32 Å². The number of ether oxygens (including phenoxy) is 1. The highest BCUT2D eigenvalue weighted by Crippen LogP contribution is 2.22. The molecule has 0 saturated carbocycles. The highest BCUT2D eigenvalue weighted by Gasteiger charge is 2.30. The third-order valence-electron chi connectivity index (χ3n) is 3.80. The van der Waals surface area contributed by atoms with Crippen LogP contribution in [0.1, 0.15) is 25.7 Å². The average molecular weight is 270 g/mol. The van der Waals surface area contributed by atoms with Crippen LogP contribution in [0.15, 0.2) is 0 Å². The molecule has 6 nitrogen and oxygen atoms in total. The van der Waals surface area contributed by atoms with Gasteiger partial charge in [0.2, 0.25) is 0 Å². The van der Waals surface area contributed by atoms with E-state index in [1.165, 1.54) is 0 Å². The maximum atomic E-state index is 12.3. The van der Waals surface area contributed by atoms with Crippen molar-refractivity contribution in [2.75, 3.05) is 32.8 Å². The molecule has 0 aromatic rings. The number of carbonyl (C=O) groups excluding carboxylic acids is 1. The first-order chi connectivity index (χ1) is 9.16. The molecule has 2 rings (SSSR count). The van der Waals surface area contributed by atoms with Gasteiger partial charge in [0.1, 0.15) is 6.10 Å². The first kappa shape index (κ1) is 14.3. The number of carboxylic acid groups (broad SMARTS) is 1. The zero-order valence-corrected chi connectivity index (χ0v) is 11.1. The Morgan fingerprint density at radius 3 is 2.95 bits per heavy atom. The summed E-state index contributed by atoms with van der Waals surface area (Å²) in [5.74, 6) is -0.402. The summed E-state index contributed by atoms with van der Waals surface area (Å²) in [6.07, 6.45) is 2.45. The van der Waals surface area contributed by atoms with Gasteiger partial charge in [-0.2, -0.15) is 0 Å². The number of amides is 1. The minimum atomic E-state index is -0.761. The number of hydrogen-bond donors (Lipinski definition) is 2. The van der Waals surface area contributed by atoms with E-state index in [1.54, 1.807) is 0 Å². The SMILES string of the molecule is O=C(O)CCC1CCCN(C(=O)C2CNCCO2)C1. The lowest BCUT2D eigenvalue weighted by Crippen LogP contribution is -2.51. The van der Waals surface area contributed by atoms with Crippen molar-refractivity contribution in [1.29, 1.82) is 0 Å². The van der Waals surface area contributed by atoms with Crippen LogP contribution in [-0.2, 0) is 14.3 Å². The lowest BCUT2D eigenvalue weighted by atomic mass is 9.93. The molecule has 1 amide bonds. The summed E-state index contributed by atoms with van der Waals surface area (Å²) in [4.78, 5) is 24.7. The molecule has 0 aromatic carbocycles. The van der Waals surface area contributed by atoms with E-state index in [1.807, 2.05) is 4.90 Å². The van der Waals surface area contributed by atoms with E-state index in [0.29, 0.717) is 32.0 Å². The number of aliphatic carboxylic acids is 1. The lowest BCUT2D eigenvalue weighted by Gasteiger charge is -2.35. The number of hydrogen-bond acceptors (Lipinski definition) is 4. The highest BCUT2D eigenvalue weighted by atomic mass is 16.5. The van der Waals surface area contributed by atoms with Gasteiger partial charge in [0.25, 0.3) is 5.91 Å².